The minimum absolute atomic E-state index is 0.544. The van der Waals surface area contributed by atoms with E-state index in [1.165, 1.54) is 38.5 Å². The fraction of sp³-hybridized carbons (Fsp3) is 0.357. The number of hydrogen-bond donors (Lipinski definition) is 1. The topological polar surface area (TPSA) is 49.9 Å². The predicted molar refractivity (Wildman–Crippen MR) is 133 cm³/mol. The minimum Gasteiger partial charge on any atom is -0.329 e. The van der Waals surface area contributed by atoms with Crippen LogP contribution in [0.2, 0.25) is 0 Å². The van der Waals surface area contributed by atoms with Crippen molar-refractivity contribution in [2.45, 2.75) is 65.5 Å². The smallest absolute Gasteiger partial charge is 0.329 e. The van der Waals surface area contributed by atoms with Crippen LogP contribution in [0.4, 0.5) is 13.2 Å². The lowest BCUT2D eigenvalue weighted by molar-refractivity contribution is -0.137. The number of hydrogen-bond acceptors (Lipinski definition) is 2. The first kappa shape index (κ1) is 28.9. The van der Waals surface area contributed by atoms with Gasteiger partial charge >= 0.3 is 6.18 Å². The number of aromatic nitrogens is 1. The molecule has 0 aliphatic carbocycles. The van der Waals surface area contributed by atoms with Gasteiger partial charge in [-0.05, 0) is 35.7 Å². The number of unbranched alkanes of at least 4 members (excludes halogenated alkanes) is 5. The van der Waals surface area contributed by atoms with Crippen molar-refractivity contribution in [2.75, 3.05) is 0 Å². The molecule has 1 N–H and O–H groups in total. The number of rotatable bonds is 7. The molecule has 0 saturated carbocycles. The van der Waals surface area contributed by atoms with Gasteiger partial charge in [0, 0.05) is 17.8 Å². The van der Waals surface area contributed by atoms with E-state index in [9.17, 15) is 22.8 Å². The summed E-state index contributed by atoms with van der Waals surface area (Å²) >= 11 is 0. The molecule has 34 heavy (non-hydrogen) atoms. The molecule has 0 spiro atoms. The molecule has 6 heteroatoms. The van der Waals surface area contributed by atoms with E-state index in [0.717, 1.165) is 40.7 Å². The average Bonchev–Trinajstić information content (AvgIpc) is 2.83. The fourth-order valence-corrected chi connectivity index (χ4v) is 3.02. The second-order valence-corrected chi connectivity index (χ2v) is 7.91. The Morgan fingerprint density at radius 1 is 0.824 bits per heavy atom. The molecule has 0 aliphatic rings. The molecule has 184 valence electrons. The summed E-state index contributed by atoms with van der Waals surface area (Å²) < 4.78 is 35.4. The van der Waals surface area contributed by atoms with Crippen LogP contribution in [-0.2, 0) is 6.18 Å². The molecule has 0 bridgehead atoms. The molecule has 2 aromatic carbocycles. The highest BCUT2D eigenvalue weighted by molar-refractivity contribution is 5.81. The van der Waals surface area contributed by atoms with Crippen LogP contribution >= 0.6 is 0 Å². The number of benzene rings is 2. The van der Waals surface area contributed by atoms with E-state index >= 15 is 0 Å². The maximum Gasteiger partial charge on any atom is 0.417 e. The van der Waals surface area contributed by atoms with Crippen LogP contribution in [0, 0.1) is 6.92 Å². The van der Waals surface area contributed by atoms with Gasteiger partial charge in [-0.15, -0.1) is 0 Å². The van der Waals surface area contributed by atoms with Gasteiger partial charge in [-0.25, -0.2) is 0 Å². The molecular weight excluding hydrogens is 439 g/mol. The number of H-pyrrole nitrogens is 1. The Balaban J connectivity index is 0.000000270. The first-order valence-corrected chi connectivity index (χ1v) is 11.6. The van der Waals surface area contributed by atoms with E-state index in [-0.39, 0.29) is 0 Å². The number of aryl methyl sites for hydroxylation is 1. The van der Waals surface area contributed by atoms with Crippen molar-refractivity contribution < 1.29 is 18.0 Å². The van der Waals surface area contributed by atoms with Crippen molar-refractivity contribution in [2.24, 2.45) is 0 Å². The van der Waals surface area contributed by atoms with Gasteiger partial charge in [0.25, 0.3) is 0 Å². The third kappa shape index (κ3) is 11.1. The molecule has 0 atom stereocenters. The molecule has 1 heterocycles. The zero-order valence-electron chi connectivity index (χ0n) is 20.1. The van der Waals surface area contributed by atoms with E-state index in [2.05, 4.69) is 13.8 Å². The van der Waals surface area contributed by atoms with Crippen molar-refractivity contribution in [3.63, 3.8) is 0 Å². The number of carbonyl (C=O) groups excluding carboxylic acids is 1. The Morgan fingerprint density at radius 2 is 1.44 bits per heavy atom. The first-order chi connectivity index (χ1) is 16.2. The van der Waals surface area contributed by atoms with Crippen LogP contribution in [0.3, 0.4) is 0 Å². The van der Waals surface area contributed by atoms with Gasteiger partial charge < -0.3 is 4.98 Å². The predicted octanol–water partition coefficient (Wildman–Crippen LogP) is 8.24. The highest BCUT2D eigenvalue weighted by Gasteiger charge is 2.30. The molecular formula is C28H34F3NO2. The zero-order valence-corrected chi connectivity index (χ0v) is 20.1. The Kier molecular flexibility index (Phi) is 13.3. The number of pyridine rings is 1. The maximum atomic E-state index is 11.8. The Hall–Kier alpha value is -3.15. The summed E-state index contributed by atoms with van der Waals surface area (Å²) in [6.45, 7) is 6.45. The molecule has 3 aromatic rings. The van der Waals surface area contributed by atoms with Gasteiger partial charge in [-0.3, -0.25) is 9.59 Å². The maximum absolute atomic E-state index is 11.8. The number of halogens is 3. The van der Waals surface area contributed by atoms with Gasteiger partial charge in [0.15, 0.2) is 0 Å². The van der Waals surface area contributed by atoms with Crippen LogP contribution in [0.15, 0.2) is 71.7 Å². The van der Waals surface area contributed by atoms with Crippen LogP contribution in [0.25, 0.3) is 11.1 Å². The fourth-order valence-electron chi connectivity index (χ4n) is 3.02. The summed E-state index contributed by atoms with van der Waals surface area (Å²) in [5.41, 5.74) is 2.61. The van der Waals surface area contributed by atoms with Crippen LogP contribution < -0.4 is 5.56 Å². The highest BCUT2D eigenvalue weighted by atomic mass is 19.4. The molecule has 0 unspecified atom stereocenters. The van der Waals surface area contributed by atoms with Crippen LogP contribution in [0.1, 0.15) is 73.9 Å². The lowest BCUT2D eigenvalue weighted by Crippen LogP contribution is -2.10. The van der Waals surface area contributed by atoms with Crippen molar-refractivity contribution in [3.05, 3.63) is 93.9 Å². The Labute approximate surface area is 200 Å². The third-order valence-corrected chi connectivity index (χ3v) is 5.08. The number of aldehydes is 1. The van der Waals surface area contributed by atoms with Crippen molar-refractivity contribution in [3.8, 4) is 11.1 Å². The van der Waals surface area contributed by atoms with E-state index in [1.807, 2.05) is 60.4 Å². The molecule has 0 saturated heterocycles. The highest BCUT2D eigenvalue weighted by Crippen LogP contribution is 2.27. The monoisotopic (exact) mass is 473 g/mol. The summed E-state index contributed by atoms with van der Waals surface area (Å²) in [5.74, 6) is 0. The number of aromatic amines is 1. The molecule has 1 aromatic heterocycles. The van der Waals surface area contributed by atoms with Crippen molar-refractivity contribution >= 4 is 6.29 Å². The van der Waals surface area contributed by atoms with E-state index < -0.39 is 17.3 Å². The lowest BCUT2D eigenvalue weighted by atomic mass is 10.0. The summed E-state index contributed by atoms with van der Waals surface area (Å²) in [4.78, 5) is 23.1. The normalized spacial score (nSPS) is 10.4. The molecule has 0 fully saturated rings. The second-order valence-electron chi connectivity index (χ2n) is 7.91. The van der Waals surface area contributed by atoms with Crippen LogP contribution in [0.5, 0.6) is 0 Å². The largest absolute Gasteiger partial charge is 0.417 e. The summed E-state index contributed by atoms with van der Waals surface area (Å²) in [7, 11) is 0. The van der Waals surface area contributed by atoms with Crippen molar-refractivity contribution in [1.82, 2.24) is 4.98 Å². The van der Waals surface area contributed by atoms with Gasteiger partial charge in [0.2, 0.25) is 5.56 Å². The SMILES string of the molecule is CCCCCCCC.Cc1ccc(-c2ccccc2)cc1C=O.O=c1ccc(C(F)(F)F)c[nH]1. The summed E-state index contributed by atoms with van der Waals surface area (Å²) in [6, 6.07) is 17.6. The molecule has 0 aliphatic heterocycles. The van der Waals surface area contributed by atoms with Gasteiger partial charge in [-0.1, -0.05) is 94.8 Å². The number of carbonyl (C=O) groups is 1. The third-order valence-electron chi connectivity index (χ3n) is 5.08. The number of alkyl halides is 3. The minimum atomic E-state index is -4.38. The van der Waals surface area contributed by atoms with E-state index in [4.69, 9.17) is 0 Å². The molecule has 0 radical (unpaired) electrons. The average molecular weight is 474 g/mol. The molecule has 3 nitrogen and oxygen atoms in total. The summed E-state index contributed by atoms with van der Waals surface area (Å²) in [6.07, 6.45) is 5.65. The summed E-state index contributed by atoms with van der Waals surface area (Å²) in [5, 5.41) is 0. The first-order valence-electron chi connectivity index (χ1n) is 11.6. The van der Waals surface area contributed by atoms with E-state index in [0.29, 0.717) is 6.20 Å². The second kappa shape index (κ2) is 15.6. The van der Waals surface area contributed by atoms with Gasteiger partial charge in [0.1, 0.15) is 6.29 Å². The standard InChI is InChI=1S/C14H12O.C8H18.C6H4F3NO/c1-11-7-8-13(9-14(11)10-15)12-5-3-2-4-6-12;1-3-5-7-8-6-4-2;7-6(8,9)4-1-2-5(11)10-3-4/h2-10H,1H3;3-8H2,1-2H3;1-3H,(H,10,11). The zero-order chi connectivity index (χ0) is 25.4. The quantitative estimate of drug-likeness (QED) is 0.277. The van der Waals surface area contributed by atoms with Gasteiger partial charge in [0.05, 0.1) is 5.56 Å². The Morgan fingerprint density at radius 3 is 1.91 bits per heavy atom. The molecule has 3 rings (SSSR count). The molecule has 0 amide bonds. The lowest BCUT2D eigenvalue weighted by Gasteiger charge is -2.04. The Bertz CT molecular complexity index is 1000. The number of nitrogens with one attached hydrogen (secondary N) is 1. The van der Waals surface area contributed by atoms with Crippen LogP contribution in [-0.4, -0.2) is 11.3 Å². The van der Waals surface area contributed by atoms with E-state index in [1.54, 1.807) is 0 Å². The van der Waals surface area contributed by atoms with Crippen molar-refractivity contribution in [1.29, 1.82) is 0 Å². The van der Waals surface area contributed by atoms with Gasteiger partial charge in [-0.2, -0.15) is 13.2 Å².